The molecule has 182 valence electrons. The molecular formula is C27H29N3O4S. The average Bonchev–Trinajstić information content (AvgIpc) is 3.37. The highest BCUT2D eigenvalue weighted by atomic mass is 32.2. The van der Waals surface area contributed by atoms with Crippen molar-refractivity contribution in [2.24, 2.45) is 0 Å². The minimum atomic E-state index is -3.82. The van der Waals surface area contributed by atoms with E-state index in [0.717, 1.165) is 25.2 Å². The number of carbonyl (C=O) groups is 2. The predicted molar refractivity (Wildman–Crippen MR) is 136 cm³/mol. The molecule has 1 fully saturated rings. The number of benzene rings is 3. The van der Waals surface area contributed by atoms with Gasteiger partial charge in [-0.05, 0) is 80.4 Å². The van der Waals surface area contributed by atoms with Crippen LogP contribution in [0.2, 0.25) is 0 Å². The number of hydrogen-bond donors (Lipinski definition) is 2. The third kappa shape index (κ3) is 6.35. The van der Waals surface area contributed by atoms with Crippen molar-refractivity contribution in [1.82, 2.24) is 10.2 Å². The van der Waals surface area contributed by atoms with Crippen LogP contribution in [0.4, 0.5) is 5.69 Å². The zero-order valence-corrected chi connectivity index (χ0v) is 20.5. The van der Waals surface area contributed by atoms with Crippen LogP contribution >= 0.6 is 0 Å². The molecular weight excluding hydrogens is 462 g/mol. The Labute approximate surface area is 206 Å². The van der Waals surface area contributed by atoms with E-state index in [2.05, 4.69) is 21.0 Å². The lowest BCUT2D eigenvalue weighted by atomic mass is 10.1. The summed E-state index contributed by atoms with van der Waals surface area (Å²) >= 11 is 0. The first-order valence-electron chi connectivity index (χ1n) is 11.6. The van der Waals surface area contributed by atoms with Gasteiger partial charge in [0.2, 0.25) is 0 Å². The Hall–Kier alpha value is -3.49. The van der Waals surface area contributed by atoms with Crippen molar-refractivity contribution in [2.45, 2.75) is 37.8 Å². The van der Waals surface area contributed by atoms with Gasteiger partial charge in [0.05, 0.1) is 4.90 Å². The van der Waals surface area contributed by atoms with E-state index in [1.807, 2.05) is 18.2 Å². The number of nitrogens with zero attached hydrogens (tertiary/aromatic N) is 1. The Bertz CT molecular complexity index is 1300. The van der Waals surface area contributed by atoms with E-state index in [1.54, 1.807) is 24.3 Å². The number of hydrogen-bond acceptors (Lipinski definition) is 5. The fourth-order valence-corrected chi connectivity index (χ4v) is 5.17. The van der Waals surface area contributed by atoms with Gasteiger partial charge < -0.3 is 5.32 Å². The first kappa shape index (κ1) is 24.6. The van der Waals surface area contributed by atoms with Crippen LogP contribution in [0.1, 0.15) is 51.6 Å². The van der Waals surface area contributed by atoms with Gasteiger partial charge in [-0.15, -0.1) is 0 Å². The number of likely N-dealkylation sites (tertiary alicyclic amines) is 1. The monoisotopic (exact) mass is 491 g/mol. The molecule has 1 saturated heterocycles. The molecule has 8 heteroatoms. The maximum Gasteiger partial charge on any atom is 0.261 e. The number of ketones is 1. The number of nitrogens with one attached hydrogen (secondary N) is 2. The molecule has 35 heavy (non-hydrogen) atoms. The van der Waals surface area contributed by atoms with Crippen LogP contribution in [-0.4, -0.2) is 38.1 Å². The van der Waals surface area contributed by atoms with Crippen molar-refractivity contribution >= 4 is 27.4 Å². The van der Waals surface area contributed by atoms with Crippen molar-refractivity contribution in [3.8, 4) is 0 Å². The van der Waals surface area contributed by atoms with Crippen molar-refractivity contribution < 1.29 is 18.0 Å². The number of rotatable bonds is 9. The van der Waals surface area contributed by atoms with E-state index in [-0.39, 0.29) is 16.6 Å². The van der Waals surface area contributed by atoms with Gasteiger partial charge in [-0.1, -0.05) is 36.4 Å². The van der Waals surface area contributed by atoms with Crippen LogP contribution in [0, 0.1) is 0 Å². The van der Waals surface area contributed by atoms with Gasteiger partial charge in [0.15, 0.2) is 5.78 Å². The average molecular weight is 492 g/mol. The number of amides is 1. The zero-order chi connectivity index (χ0) is 24.8. The third-order valence-electron chi connectivity index (χ3n) is 6.12. The summed E-state index contributed by atoms with van der Waals surface area (Å²) in [6.07, 6.45) is 2.47. The van der Waals surface area contributed by atoms with Gasteiger partial charge in [-0.25, -0.2) is 8.42 Å². The molecule has 0 saturated carbocycles. The van der Waals surface area contributed by atoms with Crippen molar-refractivity contribution in [3.05, 3.63) is 95.1 Å². The quantitative estimate of drug-likeness (QED) is 0.437. The molecule has 0 bridgehead atoms. The van der Waals surface area contributed by atoms with Crippen molar-refractivity contribution in [1.29, 1.82) is 0 Å². The maximum atomic E-state index is 12.7. The number of anilines is 1. The highest BCUT2D eigenvalue weighted by molar-refractivity contribution is 7.92. The van der Waals surface area contributed by atoms with Crippen LogP contribution in [0.3, 0.4) is 0 Å². The topological polar surface area (TPSA) is 95.6 Å². The molecule has 1 amide bonds. The third-order valence-corrected chi connectivity index (χ3v) is 7.52. The highest BCUT2D eigenvalue weighted by Crippen LogP contribution is 2.19. The van der Waals surface area contributed by atoms with Crippen LogP contribution in [0.15, 0.2) is 77.7 Å². The Morgan fingerprint density at radius 1 is 0.829 bits per heavy atom. The van der Waals surface area contributed by atoms with Crippen molar-refractivity contribution in [2.75, 3.05) is 17.8 Å². The SMILES string of the molecule is CC(=O)c1ccc(S(=O)(=O)Nc2ccc(C(=O)NCc3ccccc3CN3CCCC3)cc2)cc1. The van der Waals surface area contributed by atoms with E-state index >= 15 is 0 Å². The fraction of sp³-hybridized carbons (Fsp3) is 0.259. The van der Waals surface area contributed by atoms with Gasteiger partial charge in [-0.3, -0.25) is 19.2 Å². The summed E-state index contributed by atoms with van der Waals surface area (Å²) in [6.45, 7) is 4.96. The highest BCUT2D eigenvalue weighted by Gasteiger charge is 2.16. The molecule has 3 aromatic rings. The maximum absolute atomic E-state index is 12.7. The molecule has 1 heterocycles. The molecule has 0 unspecified atom stereocenters. The minimum Gasteiger partial charge on any atom is -0.348 e. The summed E-state index contributed by atoms with van der Waals surface area (Å²) in [4.78, 5) is 26.6. The van der Waals surface area contributed by atoms with Gasteiger partial charge in [-0.2, -0.15) is 0 Å². The molecule has 7 nitrogen and oxygen atoms in total. The van der Waals surface area contributed by atoms with Crippen molar-refractivity contribution in [3.63, 3.8) is 0 Å². The lowest BCUT2D eigenvalue weighted by Gasteiger charge is -2.17. The summed E-state index contributed by atoms with van der Waals surface area (Å²) in [6, 6.07) is 20.2. The molecule has 0 radical (unpaired) electrons. The summed E-state index contributed by atoms with van der Waals surface area (Å²) in [7, 11) is -3.82. The second kappa shape index (κ2) is 10.8. The normalized spacial score (nSPS) is 14.0. The zero-order valence-electron chi connectivity index (χ0n) is 19.7. The number of Topliss-reactive ketones (excluding diaryl/α,β-unsaturated/α-hetero) is 1. The first-order chi connectivity index (χ1) is 16.8. The van der Waals surface area contributed by atoms with Crippen LogP contribution in [0.25, 0.3) is 0 Å². The molecule has 2 N–H and O–H groups in total. The summed E-state index contributed by atoms with van der Waals surface area (Å²) in [5.41, 5.74) is 3.53. The van der Waals surface area contributed by atoms with Crippen LogP contribution in [-0.2, 0) is 23.1 Å². The molecule has 0 aromatic heterocycles. The van der Waals surface area contributed by atoms with Gasteiger partial charge >= 0.3 is 0 Å². The van der Waals surface area contributed by atoms with Gasteiger partial charge in [0.1, 0.15) is 0 Å². The van der Waals surface area contributed by atoms with Crippen LogP contribution in [0.5, 0.6) is 0 Å². The lowest BCUT2D eigenvalue weighted by molar-refractivity contribution is 0.0949. The molecule has 3 aromatic carbocycles. The molecule has 1 aliphatic heterocycles. The largest absolute Gasteiger partial charge is 0.348 e. The predicted octanol–water partition coefficient (Wildman–Crippen LogP) is 4.22. The van der Waals surface area contributed by atoms with Gasteiger partial charge in [0.25, 0.3) is 15.9 Å². The van der Waals surface area contributed by atoms with E-state index in [0.29, 0.717) is 23.4 Å². The standard InChI is InChI=1S/C27H29N3O4S/c1-20(31)21-10-14-26(15-11-21)35(33,34)29-25-12-8-22(9-13-25)27(32)28-18-23-6-2-3-7-24(23)19-30-16-4-5-17-30/h2-3,6-15,29H,4-5,16-19H2,1H3,(H,28,32). The lowest BCUT2D eigenvalue weighted by Crippen LogP contribution is -2.25. The second-order valence-electron chi connectivity index (χ2n) is 8.70. The fourth-order valence-electron chi connectivity index (χ4n) is 4.12. The Morgan fingerprint density at radius 3 is 2.06 bits per heavy atom. The molecule has 0 atom stereocenters. The first-order valence-corrected chi connectivity index (χ1v) is 13.1. The molecule has 4 rings (SSSR count). The Balaban J connectivity index is 1.36. The second-order valence-corrected chi connectivity index (χ2v) is 10.4. The Kier molecular flexibility index (Phi) is 7.63. The minimum absolute atomic E-state index is 0.0527. The van der Waals surface area contributed by atoms with E-state index < -0.39 is 10.0 Å². The molecule has 0 aliphatic carbocycles. The molecule has 1 aliphatic rings. The van der Waals surface area contributed by atoms with E-state index in [4.69, 9.17) is 0 Å². The number of carbonyl (C=O) groups excluding carboxylic acids is 2. The van der Waals surface area contributed by atoms with E-state index in [1.165, 1.54) is 49.6 Å². The molecule has 0 spiro atoms. The van der Waals surface area contributed by atoms with E-state index in [9.17, 15) is 18.0 Å². The summed E-state index contributed by atoms with van der Waals surface area (Å²) < 4.78 is 27.8. The Morgan fingerprint density at radius 2 is 1.43 bits per heavy atom. The smallest absolute Gasteiger partial charge is 0.261 e. The number of sulfonamides is 1. The summed E-state index contributed by atoms with van der Waals surface area (Å²) in [5.74, 6) is -0.360. The summed E-state index contributed by atoms with van der Waals surface area (Å²) in [5, 5.41) is 2.96. The van der Waals surface area contributed by atoms with Crippen LogP contribution < -0.4 is 10.0 Å². The van der Waals surface area contributed by atoms with Gasteiger partial charge in [0, 0.05) is 29.9 Å².